The summed E-state index contributed by atoms with van der Waals surface area (Å²) in [5, 5.41) is 0.241. The van der Waals surface area contributed by atoms with E-state index in [4.69, 9.17) is 11.6 Å². The zero-order chi connectivity index (χ0) is 6.69. The van der Waals surface area contributed by atoms with E-state index >= 15 is 0 Å². The molecule has 0 nitrogen and oxygen atoms in total. The molecule has 0 aromatic heterocycles. The van der Waals surface area contributed by atoms with Crippen LogP contribution in [0.25, 0.3) is 0 Å². The van der Waals surface area contributed by atoms with Crippen molar-refractivity contribution in [2.75, 3.05) is 0 Å². The van der Waals surface area contributed by atoms with Gasteiger partial charge < -0.3 is 0 Å². The highest BCUT2D eigenvalue weighted by molar-refractivity contribution is 6.22. The molecule has 0 aromatic carbocycles. The van der Waals surface area contributed by atoms with Crippen molar-refractivity contribution in [3.63, 3.8) is 0 Å². The molecule has 0 N–H and O–H groups in total. The fraction of sp³-hybridized carbons (Fsp3) is 0.500. The summed E-state index contributed by atoms with van der Waals surface area (Å²) in [4.78, 5) is 0. The second-order valence-electron chi connectivity index (χ2n) is 2.25. The number of rotatable bonds is 1. The maximum atomic E-state index is 5.86. The predicted octanol–water partition coefficient (Wildman–Crippen LogP) is 2.89. The van der Waals surface area contributed by atoms with Gasteiger partial charge in [-0.1, -0.05) is 30.7 Å². The smallest absolute Gasteiger partial charge is 0.0556 e. The van der Waals surface area contributed by atoms with Gasteiger partial charge in [-0.05, 0) is 12.8 Å². The van der Waals surface area contributed by atoms with Crippen LogP contribution in [0.15, 0.2) is 23.8 Å². The Hall–Kier alpha value is -0.230. The molecule has 1 unspecified atom stereocenters. The Balaban J connectivity index is 2.59. The summed E-state index contributed by atoms with van der Waals surface area (Å²) in [6, 6.07) is 0. The van der Waals surface area contributed by atoms with Crippen LogP contribution < -0.4 is 0 Å². The third-order valence-corrected chi connectivity index (χ3v) is 1.80. The molecule has 50 valence electrons. The summed E-state index contributed by atoms with van der Waals surface area (Å²) in [6.07, 6.45) is 8.50. The molecule has 1 aliphatic rings. The number of alkyl halides is 1. The fourth-order valence-corrected chi connectivity index (χ4v) is 1.21. The zero-order valence-corrected chi connectivity index (χ0v) is 6.36. The SMILES string of the molecule is CCC1=CC(Cl)CC=C1. The van der Waals surface area contributed by atoms with Crippen LogP contribution in [0.2, 0.25) is 0 Å². The maximum absolute atomic E-state index is 5.86. The number of hydrogen-bond acceptors (Lipinski definition) is 0. The van der Waals surface area contributed by atoms with E-state index in [-0.39, 0.29) is 5.38 Å². The Morgan fingerprint density at radius 1 is 1.78 bits per heavy atom. The normalized spacial score (nSPS) is 26.0. The molecule has 0 amide bonds. The molecule has 1 aliphatic carbocycles. The molecule has 0 aromatic rings. The van der Waals surface area contributed by atoms with Crippen molar-refractivity contribution in [3.05, 3.63) is 23.8 Å². The average Bonchev–Trinajstić information content (AvgIpc) is 1.88. The Morgan fingerprint density at radius 3 is 3.00 bits per heavy atom. The molecule has 0 saturated carbocycles. The van der Waals surface area contributed by atoms with E-state index in [1.807, 2.05) is 0 Å². The monoisotopic (exact) mass is 142 g/mol. The van der Waals surface area contributed by atoms with Crippen molar-refractivity contribution in [2.45, 2.75) is 25.1 Å². The molecule has 0 aliphatic heterocycles. The molecule has 0 radical (unpaired) electrons. The highest BCUT2D eigenvalue weighted by Crippen LogP contribution is 2.16. The summed E-state index contributed by atoms with van der Waals surface area (Å²) in [5.74, 6) is 0. The lowest BCUT2D eigenvalue weighted by Gasteiger charge is -2.07. The fourth-order valence-electron chi connectivity index (χ4n) is 0.941. The van der Waals surface area contributed by atoms with E-state index in [2.05, 4.69) is 25.2 Å². The summed E-state index contributed by atoms with van der Waals surface area (Å²) in [5.41, 5.74) is 1.36. The van der Waals surface area contributed by atoms with Gasteiger partial charge in [-0.25, -0.2) is 0 Å². The third kappa shape index (κ3) is 1.87. The number of hydrogen-bond donors (Lipinski definition) is 0. The van der Waals surface area contributed by atoms with E-state index < -0.39 is 0 Å². The summed E-state index contributed by atoms with van der Waals surface area (Å²) in [6.45, 7) is 2.14. The molecule has 1 rings (SSSR count). The zero-order valence-electron chi connectivity index (χ0n) is 5.60. The van der Waals surface area contributed by atoms with Gasteiger partial charge in [0, 0.05) is 0 Å². The van der Waals surface area contributed by atoms with E-state index in [1.165, 1.54) is 5.57 Å². The molecule has 0 heterocycles. The van der Waals surface area contributed by atoms with Crippen LogP contribution >= 0.6 is 11.6 Å². The van der Waals surface area contributed by atoms with E-state index in [0.717, 1.165) is 12.8 Å². The van der Waals surface area contributed by atoms with Crippen LogP contribution in [0.4, 0.5) is 0 Å². The van der Waals surface area contributed by atoms with Gasteiger partial charge in [-0.2, -0.15) is 0 Å². The first kappa shape index (κ1) is 6.88. The lowest BCUT2D eigenvalue weighted by Crippen LogP contribution is -1.96. The van der Waals surface area contributed by atoms with Gasteiger partial charge in [0.2, 0.25) is 0 Å². The van der Waals surface area contributed by atoms with E-state index in [0.29, 0.717) is 0 Å². The van der Waals surface area contributed by atoms with Crippen molar-refractivity contribution < 1.29 is 0 Å². The van der Waals surface area contributed by atoms with Gasteiger partial charge in [0.1, 0.15) is 0 Å². The highest BCUT2D eigenvalue weighted by atomic mass is 35.5. The van der Waals surface area contributed by atoms with Gasteiger partial charge in [0.25, 0.3) is 0 Å². The van der Waals surface area contributed by atoms with Crippen molar-refractivity contribution in [1.82, 2.24) is 0 Å². The quantitative estimate of drug-likeness (QED) is 0.494. The van der Waals surface area contributed by atoms with Crippen molar-refractivity contribution in [2.24, 2.45) is 0 Å². The topological polar surface area (TPSA) is 0 Å². The van der Waals surface area contributed by atoms with Crippen LogP contribution in [-0.2, 0) is 0 Å². The largest absolute Gasteiger partial charge is 0.118 e. The molecular formula is C8H11Cl. The Bertz CT molecular complexity index is 145. The summed E-state index contributed by atoms with van der Waals surface area (Å²) < 4.78 is 0. The molecule has 9 heavy (non-hydrogen) atoms. The van der Waals surface area contributed by atoms with Gasteiger partial charge in [-0.15, -0.1) is 11.6 Å². The first-order valence-corrected chi connectivity index (χ1v) is 3.78. The molecule has 1 heteroatoms. The average molecular weight is 143 g/mol. The second-order valence-corrected chi connectivity index (χ2v) is 2.81. The second kappa shape index (κ2) is 3.07. The minimum Gasteiger partial charge on any atom is -0.118 e. The van der Waals surface area contributed by atoms with Crippen LogP contribution in [0, 0.1) is 0 Å². The molecule has 0 spiro atoms. The molecule has 0 saturated heterocycles. The summed E-state index contributed by atoms with van der Waals surface area (Å²) >= 11 is 5.86. The van der Waals surface area contributed by atoms with Crippen LogP contribution in [-0.4, -0.2) is 5.38 Å². The first-order chi connectivity index (χ1) is 4.33. The first-order valence-electron chi connectivity index (χ1n) is 3.34. The number of halogens is 1. The van der Waals surface area contributed by atoms with E-state index in [9.17, 15) is 0 Å². The van der Waals surface area contributed by atoms with Gasteiger partial charge in [0.05, 0.1) is 5.38 Å². The predicted molar refractivity (Wildman–Crippen MR) is 41.8 cm³/mol. The lowest BCUT2D eigenvalue weighted by atomic mass is 10.1. The Kier molecular flexibility index (Phi) is 2.35. The van der Waals surface area contributed by atoms with Crippen molar-refractivity contribution >= 4 is 11.6 Å². The van der Waals surface area contributed by atoms with E-state index in [1.54, 1.807) is 0 Å². The minimum atomic E-state index is 0.241. The molecule has 1 atom stereocenters. The Morgan fingerprint density at radius 2 is 2.56 bits per heavy atom. The molecular weight excluding hydrogens is 132 g/mol. The highest BCUT2D eigenvalue weighted by Gasteiger charge is 2.02. The van der Waals surface area contributed by atoms with Gasteiger partial charge >= 0.3 is 0 Å². The third-order valence-electron chi connectivity index (χ3n) is 1.50. The molecule has 0 fully saturated rings. The maximum Gasteiger partial charge on any atom is 0.0556 e. The van der Waals surface area contributed by atoms with Crippen LogP contribution in [0.1, 0.15) is 19.8 Å². The van der Waals surface area contributed by atoms with Crippen LogP contribution in [0.3, 0.4) is 0 Å². The van der Waals surface area contributed by atoms with Crippen molar-refractivity contribution in [3.8, 4) is 0 Å². The van der Waals surface area contributed by atoms with Crippen molar-refractivity contribution in [1.29, 1.82) is 0 Å². The van der Waals surface area contributed by atoms with Crippen LogP contribution in [0.5, 0.6) is 0 Å². The lowest BCUT2D eigenvalue weighted by molar-refractivity contribution is 0.991. The number of allylic oxidation sites excluding steroid dienone is 4. The standard InChI is InChI=1S/C8H11Cl/c1-2-7-4-3-5-8(9)6-7/h3-4,6,8H,2,5H2,1H3. The Labute approximate surface area is 61.2 Å². The van der Waals surface area contributed by atoms with Gasteiger partial charge in [-0.3, -0.25) is 0 Å². The van der Waals surface area contributed by atoms with Gasteiger partial charge in [0.15, 0.2) is 0 Å². The minimum absolute atomic E-state index is 0.241. The molecule has 0 bridgehead atoms. The summed E-state index contributed by atoms with van der Waals surface area (Å²) in [7, 11) is 0.